The van der Waals surface area contributed by atoms with Crippen LogP contribution in [0.3, 0.4) is 0 Å². The fourth-order valence-electron chi connectivity index (χ4n) is 2.89. The molecule has 2 unspecified atom stereocenters. The summed E-state index contributed by atoms with van der Waals surface area (Å²) in [4.78, 5) is 0. The first-order valence-corrected chi connectivity index (χ1v) is 8.64. The molecule has 2 nitrogen and oxygen atoms in total. The van der Waals surface area contributed by atoms with E-state index < -0.39 is 0 Å². The summed E-state index contributed by atoms with van der Waals surface area (Å²) in [6.45, 7) is 5.29. The van der Waals surface area contributed by atoms with Crippen LogP contribution in [0.2, 0.25) is 0 Å². The van der Waals surface area contributed by atoms with E-state index in [4.69, 9.17) is 4.74 Å². The van der Waals surface area contributed by atoms with Crippen molar-refractivity contribution >= 4 is 15.9 Å². The number of hydrogen-bond acceptors (Lipinski definition) is 2. The smallest absolute Gasteiger partial charge is 0.0576 e. The lowest BCUT2D eigenvalue weighted by molar-refractivity contribution is 0.0979. The van der Waals surface area contributed by atoms with Crippen LogP contribution in [0.5, 0.6) is 0 Å². The lowest BCUT2D eigenvalue weighted by atomic mass is 9.93. The molecule has 1 N–H and O–H groups in total. The minimum atomic E-state index is 0.512. The molecule has 0 aromatic heterocycles. The average Bonchev–Trinajstić information content (AvgIpc) is 2.97. The van der Waals surface area contributed by atoms with E-state index >= 15 is 0 Å². The van der Waals surface area contributed by atoms with Gasteiger partial charge in [-0.2, -0.15) is 0 Å². The largest absolute Gasteiger partial charge is 0.378 e. The minimum absolute atomic E-state index is 0.512. The highest BCUT2D eigenvalue weighted by Crippen LogP contribution is 2.24. The van der Waals surface area contributed by atoms with E-state index in [-0.39, 0.29) is 0 Å². The third kappa shape index (κ3) is 5.19. The molecule has 2 rings (SSSR count). The summed E-state index contributed by atoms with van der Waals surface area (Å²) in [5.41, 5.74) is 1.42. The second kappa shape index (κ2) is 8.81. The van der Waals surface area contributed by atoms with Gasteiger partial charge in [-0.05, 0) is 62.7 Å². The van der Waals surface area contributed by atoms with Crippen molar-refractivity contribution in [1.29, 1.82) is 0 Å². The molecule has 0 bridgehead atoms. The summed E-state index contributed by atoms with van der Waals surface area (Å²) in [5.74, 6) is 0.692. The van der Waals surface area contributed by atoms with Crippen LogP contribution in [0.1, 0.15) is 38.2 Å². The zero-order chi connectivity index (χ0) is 14.2. The van der Waals surface area contributed by atoms with Crippen LogP contribution in [0, 0.1) is 5.92 Å². The molecule has 0 saturated carbocycles. The summed E-state index contributed by atoms with van der Waals surface area (Å²) >= 11 is 3.67. The Morgan fingerprint density at radius 3 is 2.95 bits per heavy atom. The predicted octanol–water partition coefficient (Wildman–Crippen LogP) is 4.18. The van der Waals surface area contributed by atoms with E-state index in [1.54, 1.807) is 0 Å². The van der Waals surface area contributed by atoms with Gasteiger partial charge in [0.2, 0.25) is 0 Å². The summed E-state index contributed by atoms with van der Waals surface area (Å²) in [5, 5.41) is 3.51. The molecule has 2 atom stereocenters. The van der Waals surface area contributed by atoms with E-state index in [2.05, 4.69) is 52.4 Å². The Morgan fingerprint density at radius 2 is 2.25 bits per heavy atom. The van der Waals surface area contributed by atoms with Crippen LogP contribution in [0.25, 0.3) is 0 Å². The quantitative estimate of drug-likeness (QED) is 0.767. The van der Waals surface area contributed by atoms with Crippen molar-refractivity contribution in [1.82, 2.24) is 5.32 Å². The van der Waals surface area contributed by atoms with Gasteiger partial charge in [0.1, 0.15) is 0 Å². The third-order valence-corrected chi connectivity index (χ3v) is 4.84. The second-order valence-electron chi connectivity index (χ2n) is 5.68. The number of nitrogens with one attached hydrogen (secondary N) is 1. The van der Waals surface area contributed by atoms with Gasteiger partial charge in [0.05, 0.1) is 6.10 Å². The van der Waals surface area contributed by atoms with E-state index in [0.717, 1.165) is 26.1 Å². The Bertz CT molecular complexity index is 390. The highest BCUT2D eigenvalue weighted by atomic mass is 79.9. The van der Waals surface area contributed by atoms with Crippen LogP contribution in [0.4, 0.5) is 0 Å². The molecule has 1 aromatic carbocycles. The first kappa shape index (κ1) is 16.0. The Balaban J connectivity index is 1.87. The maximum Gasteiger partial charge on any atom is 0.0576 e. The summed E-state index contributed by atoms with van der Waals surface area (Å²) in [6, 6.07) is 8.58. The second-order valence-corrected chi connectivity index (χ2v) is 6.54. The standard InChI is InChI=1S/C17H26BrNO/c1-2-19-13-14(9-10-16-7-5-11-20-16)12-15-6-3-4-8-17(15)18/h3-4,6,8,14,16,19H,2,5,7,9-13H2,1H3. The van der Waals surface area contributed by atoms with Gasteiger partial charge in [-0.1, -0.05) is 41.1 Å². The lowest BCUT2D eigenvalue weighted by Crippen LogP contribution is -2.25. The van der Waals surface area contributed by atoms with E-state index in [0.29, 0.717) is 12.0 Å². The number of halogens is 1. The number of ether oxygens (including phenoxy) is 1. The van der Waals surface area contributed by atoms with Gasteiger partial charge in [0, 0.05) is 11.1 Å². The Hall–Kier alpha value is -0.380. The Kier molecular flexibility index (Phi) is 7.05. The normalized spacial score (nSPS) is 20.2. The maximum atomic E-state index is 5.75. The Morgan fingerprint density at radius 1 is 1.40 bits per heavy atom. The number of hydrogen-bond donors (Lipinski definition) is 1. The van der Waals surface area contributed by atoms with E-state index in [1.165, 1.54) is 35.7 Å². The molecule has 1 aliphatic heterocycles. The highest BCUT2D eigenvalue weighted by molar-refractivity contribution is 9.10. The minimum Gasteiger partial charge on any atom is -0.378 e. The Labute approximate surface area is 131 Å². The molecule has 1 aromatic rings. The number of rotatable bonds is 8. The molecule has 20 heavy (non-hydrogen) atoms. The van der Waals surface area contributed by atoms with Gasteiger partial charge in [-0.25, -0.2) is 0 Å². The van der Waals surface area contributed by atoms with Crippen molar-refractivity contribution in [3.8, 4) is 0 Å². The molecule has 0 spiro atoms. The van der Waals surface area contributed by atoms with Gasteiger partial charge >= 0.3 is 0 Å². The first-order valence-electron chi connectivity index (χ1n) is 7.85. The molecule has 112 valence electrons. The summed E-state index contributed by atoms with van der Waals surface area (Å²) in [7, 11) is 0. The van der Waals surface area contributed by atoms with Crippen molar-refractivity contribution < 1.29 is 4.74 Å². The van der Waals surface area contributed by atoms with Gasteiger partial charge in [-0.15, -0.1) is 0 Å². The monoisotopic (exact) mass is 339 g/mol. The zero-order valence-electron chi connectivity index (χ0n) is 12.4. The van der Waals surface area contributed by atoms with Gasteiger partial charge in [-0.3, -0.25) is 0 Å². The fourth-order valence-corrected chi connectivity index (χ4v) is 3.34. The van der Waals surface area contributed by atoms with Crippen molar-refractivity contribution in [2.45, 2.75) is 45.1 Å². The van der Waals surface area contributed by atoms with Crippen molar-refractivity contribution in [3.63, 3.8) is 0 Å². The van der Waals surface area contributed by atoms with Crippen molar-refractivity contribution in [3.05, 3.63) is 34.3 Å². The molecule has 0 radical (unpaired) electrons. The lowest BCUT2D eigenvalue weighted by Gasteiger charge is -2.20. The molecule has 1 heterocycles. The molecule has 3 heteroatoms. The summed E-state index contributed by atoms with van der Waals surface area (Å²) < 4.78 is 6.99. The maximum absolute atomic E-state index is 5.75. The van der Waals surface area contributed by atoms with E-state index in [1.807, 2.05) is 0 Å². The number of benzene rings is 1. The topological polar surface area (TPSA) is 21.3 Å². The van der Waals surface area contributed by atoms with Crippen LogP contribution in [0.15, 0.2) is 28.7 Å². The fraction of sp³-hybridized carbons (Fsp3) is 0.647. The zero-order valence-corrected chi connectivity index (χ0v) is 14.0. The van der Waals surface area contributed by atoms with Crippen molar-refractivity contribution in [2.24, 2.45) is 5.92 Å². The van der Waals surface area contributed by atoms with Crippen LogP contribution >= 0.6 is 15.9 Å². The van der Waals surface area contributed by atoms with E-state index in [9.17, 15) is 0 Å². The molecule has 0 aliphatic carbocycles. The molecule has 1 saturated heterocycles. The van der Waals surface area contributed by atoms with Crippen molar-refractivity contribution in [2.75, 3.05) is 19.7 Å². The molecular formula is C17H26BrNO. The van der Waals surface area contributed by atoms with Crippen LogP contribution in [-0.2, 0) is 11.2 Å². The third-order valence-electron chi connectivity index (χ3n) is 4.07. The average molecular weight is 340 g/mol. The molecule has 1 fully saturated rings. The molecule has 0 amide bonds. The summed E-state index contributed by atoms with van der Waals surface area (Å²) in [6.07, 6.45) is 6.61. The predicted molar refractivity (Wildman–Crippen MR) is 88.1 cm³/mol. The van der Waals surface area contributed by atoms with Crippen LogP contribution < -0.4 is 5.32 Å². The van der Waals surface area contributed by atoms with Crippen LogP contribution in [-0.4, -0.2) is 25.8 Å². The molecular weight excluding hydrogens is 314 g/mol. The first-order chi connectivity index (χ1) is 9.79. The SMILES string of the molecule is CCNCC(CCC1CCCO1)Cc1ccccc1Br. The van der Waals surface area contributed by atoms with Gasteiger partial charge < -0.3 is 10.1 Å². The van der Waals surface area contributed by atoms with Gasteiger partial charge in [0.15, 0.2) is 0 Å². The highest BCUT2D eigenvalue weighted by Gasteiger charge is 2.18. The van der Waals surface area contributed by atoms with Gasteiger partial charge in [0.25, 0.3) is 0 Å². The molecule has 1 aliphatic rings.